The van der Waals surface area contributed by atoms with Gasteiger partial charge >= 0.3 is 0 Å². The minimum atomic E-state index is -0.410. The minimum absolute atomic E-state index is 0.410. The first kappa shape index (κ1) is 53.1. The zero-order valence-corrected chi connectivity index (χ0v) is 49.2. The summed E-state index contributed by atoms with van der Waals surface area (Å²) in [6, 6.07) is 111. The zero-order chi connectivity index (χ0) is 60.2. The van der Waals surface area contributed by atoms with E-state index in [9.17, 15) is 0 Å². The lowest BCUT2D eigenvalue weighted by Crippen LogP contribution is -2.25. The van der Waals surface area contributed by atoms with Crippen LogP contribution in [0, 0.1) is 0 Å². The van der Waals surface area contributed by atoms with Crippen molar-refractivity contribution in [2.24, 2.45) is 0 Å². The van der Waals surface area contributed by atoms with Gasteiger partial charge in [0.05, 0.1) is 10.9 Å². The average molecular weight is 1160 g/mol. The molecule has 0 saturated carbocycles. The summed E-state index contributed by atoms with van der Waals surface area (Å²) in [5.74, 6) is 3.86. The van der Waals surface area contributed by atoms with E-state index in [1.165, 1.54) is 77.2 Å². The highest BCUT2D eigenvalue weighted by atomic mass is 15.0. The first-order chi connectivity index (χ1) is 45.1. The summed E-state index contributed by atoms with van der Waals surface area (Å²) in [7, 11) is 0. The van der Waals surface area contributed by atoms with Crippen LogP contribution in [0.5, 0.6) is 0 Å². The van der Waals surface area contributed by atoms with Crippen molar-refractivity contribution in [3.05, 3.63) is 344 Å². The molecule has 0 saturated heterocycles. The van der Waals surface area contributed by atoms with Crippen LogP contribution in [0.25, 0.3) is 145 Å². The van der Waals surface area contributed by atoms with Crippen molar-refractivity contribution < 1.29 is 0 Å². The van der Waals surface area contributed by atoms with Gasteiger partial charge in [0.15, 0.2) is 34.9 Å². The molecule has 0 unspecified atom stereocenters. The molecule has 7 heteroatoms. The molecule has 0 bridgehead atoms. The van der Waals surface area contributed by atoms with Gasteiger partial charge in [-0.2, -0.15) is 0 Å². The van der Waals surface area contributed by atoms with Gasteiger partial charge in [0.2, 0.25) is 0 Å². The minimum Gasteiger partial charge on any atom is -0.256 e. The van der Waals surface area contributed by atoms with Crippen LogP contribution in [-0.2, 0) is 5.41 Å². The maximum absolute atomic E-state index is 5.06. The van der Waals surface area contributed by atoms with Crippen molar-refractivity contribution in [1.82, 2.24) is 34.9 Å². The number of fused-ring (bicyclic) bond motifs is 13. The summed E-state index contributed by atoms with van der Waals surface area (Å²) in [5.41, 5.74) is 21.2. The maximum Gasteiger partial charge on any atom is 0.164 e. The molecule has 3 heterocycles. The Morgan fingerprint density at radius 1 is 0.198 bits per heavy atom. The molecule has 0 amide bonds. The molecule has 0 aliphatic heterocycles. The van der Waals surface area contributed by atoms with Gasteiger partial charge in [0, 0.05) is 45.0 Å². The normalized spacial score (nSPS) is 12.3. The van der Waals surface area contributed by atoms with Gasteiger partial charge in [-0.05, 0) is 107 Å². The Bertz CT molecular complexity index is 5200. The summed E-state index contributed by atoms with van der Waals surface area (Å²) >= 11 is 0. The second-order valence-corrected chi connectivity index (χ2v) is 23.1. The van der Waals surface area contributed by atoms with E-state index in [1.807, 2.05) is 66.9 Å². The van der Waals surface area contributed by atoms with Crippen LogP contribution in [0.15, 0.2) is 322 Å². The first-order valence-electron chi connectivity index (χ1n) is 30.7. The SMILES string of the molecule is c1ccc(-c2nc(-c3ccccc3)nc(-c3ccc4c(c3)C3(c5ccccc5-c5ccccc53)c3ccccc3-4)n2)cc1.c1ccc2c(-c3ccc(-c4nc(-c5ccc(-c6cccc7ccccc67)cc5)nc(-c5ccnc6ccccc56)n4)cc3)cccc2c1. The van der Waals surface area contributed by atoms with Crippen molar-refractivity contribution >= 4 is 32.4 Å². The molecule has 7 nitrogen and oxygen atoms in total. The Balaban J connectivity index is 0.000000141. The van der Waals surface area contributed by atoms with E-state index in [2.05, 4.69) is 260 Å². The molecule has 0 N–H and O–H groups in total. The standard InChI is InChI=1S/C44H28N4.C40H25N3/c1-3-13-35-29(9-1)11-7-16-37(35)31-19-23-33(24-20-31)42-46-43(48-44(47-42)40-27-28-45-41-18-6-5-15-39(40)41)34-25-21-32(22-26-34)38-17-8-12-30-10-2-4-14-36(30)38;1-3-13-26(14-4-1)37-41-38(27-15-5-2-6-16-27)43-39(42-37)28-23-24-32-31-19-9-12-22-35(31)40(36(32)25-28)33-20-10-7-17-29(33)30-18-8-11-21-34(30)40/h1-28H;1-25H. The molecule has 16 aromatic rings. The molecule has 3 aromatic heterocycles. The van der Waals surface area contributed by atoms with Gasteiger partial charge in [-0.1, -0.05) is 297 Å². The molecule has 0 fully saturated rings. The summed E-state index contributed by atoms with van der Waals surface area (Å²) in [4.78, 5) is 34.7. The Kier molecular flexibility index (Phi) is 12.9. The van der Waals surface area contributed by atoms with E-state index in [4.69, 9.17) is 29.9 Å². The van der Waals surface area contributed by atoms with Crippen LogP contribution in [0.4, 0.5) is 0 Å². The van der Waals surface area contributed by atoms with Crippen molar-refractivity contribution in [2.45, 2.75) is 5.41 Å². The quantitative estimate of drug-likeness (QED) is 0.150. The van der Waals surface area contributed by atoms with Gasteiger partial charge in [0.25, 0.3) is 0 Å². The fourth-order valence-electron chi connectivity index (χ4n) is 13.8. The highest BCUT2D eigenvalue weighted by Crippen LogP contribution is 2.63. The summed E-state index contributed by atoms with van der Waals surface area (Å²) < 4.78 is 0. The monoisotopic (exact) mass is 1160 g/mol. The number of nitrogens with zero attached hydrogens (tertiary/aromatic N) is 7. The third-order valence-corrected chi connectivity index (χ3v) is 18.0. The molecule has 0 atom stereocenters. The van der Waals surface area contributed by atoms with E-state index < -0.39 is 5.41 Å². The molecule has 91 heavy (non-hydrogen) atoms. The van der Waals surface area contributed by atoms with Crippen LogP contribution in [0.1, 0.15) is 22.3 Å². The number of benzene rings is 13. The topological polar surface area (TPSA) is 90.2 Å². The van der Waals surface area contributed by atoms with Crippen molar-refractivity contribution in [3.8, 4) is 113 Å². The van der Waals surface area contributed by atoms with E-state index in [0.29, 0.717) is 34.9 Å². The van der Waals surface area contributed by atoms with Crippen LogP contribution < -0.4 is 0 Å². The Morgan fingerprint density at radius 3 is 1.03 bits per heavy atom. The smallest absolute Gasteiger partial charge is 0.164 e. The second kappa shape index (κ2) is 22.2. The van der Waals surface area contributed by atoms with Crippen molar-refractivity contribution in [2.75, 3.05) is 0 Å². The van der Waals surface area contributed by atoms with E-state index >= 15 is 0 Å². The first-order valence-corrected chi connectivity index (χ1v) is 30.7. The Labute approximate surface area is 526 Å². The van der Waals surface area contributed by atoms with E-state index in [0.717, 1.165) is 55.4 Å². The number of hydrogen-bond acceptors (Lipinski definition) is 7. The molecular weight excluding hydrogens is 1110 g/mol. The lowest BCUT2D eigenvalue weighted by molar-refractivity contribution is 0.794. The molecule has 13 aromatic carbocycles. The Hall–Kier alpha value is -12.2. The van der Waals surface area contributed by atoms with Crippen LogP contribution in [-0.4, -0.2) is 34.9 Å². The van der Waals surface area contributed by atoms with Gasteiger partial charge in [-0.15, -0.1) is 0 Å². The van der Waals surface area contributed by atoms with E-state index in [-0.39, 0.29) is 0 Å². The van der Waals surface area contributed by atoms with Gasteiger partial charge < -0.3 is 0 Å². The molecular formula is C84H53N7. The highest BCUT2D eigenvalue weighted by molar-refractivity contribution is 6.00. The predicted molar refractivity (Wildman–Crippen MR) is 370 cm³/mol. The molecule has 2 aliphatic rings. The molecule has 18 rings (SSSR count). The van der Waals surface area contributed by atoms with Crippen LogP contribution in [0.2, 0.25) is 0 Å². The number of pyridine rings is 1. The highest BCUT2D eigenvalue weighted by Gasteiger charge is 2.51. The fraction of sp³-hybridized carbons (Fsp3) is 0.0119. The molecule has 1 spiro atoms. The van der Waals surface area contributed by atoms with Crippen molar-refractivity contribution in [3.63, 3.8) is 0 Å². The third-order valence-electron chi connectivity index (χ3n) is 18.0. The zero-order valence-electron chi connectivity index (χ0n) is 49.2. The number of para-hydroxylation sites is 1. The van der Waals surface area contributed by atoms with Crippen LogP contribution >= 0.6 is 0 Å². The van der Waals surface area contributed by atoms with Crippen LogP contribution in [0.3, 0.4) is 0 Å². The summed E-state index contributed by atoms with van der Waals surface area (Å²) in [6.07, 6.45) is 1.82. The summed E-state index contributed by atoms with van der Waals surface area (Å²) in [6.45, 7) is 0. The predicted octanol–water partition coefficient (Wildman–Crippen LogP) is 20.3. The largest absolute Gasteiger partial charge is 0.256 e. The number of hydrogen-bond donors (Lipinski definition) is 0. The summed E-state index contributed by atoms with van der Waals surface area (Å²) in [5, 5.41) is 5.91. The molecule has 0 radical (unpaired) electrons. The van der Waals surface area contributed by atoms with Gasteiger partial charge in [0.1, 0.15) is 0 Å². The molecule has 2 aliphatic carbocycles. The second-order valence-electron chi connectivity index (χ2n) is 23.1. The van der Waals surface area contributed by atoms with Gasteiger partial charge in [-0.25, -0.2) is 29.9 Å². The fourth-order valence-corrected chi connectivity index (χ4v) is 13.8. The Morgan fingerprint density at radius 2 is 0.538 bits per heavy atom. The number of rotatable bonds is 8. The third kappa shape index (κ3) is 9.17. The van der Waals surface area contributed by atoms with E-state index in [1.54, 1.807) is 0 Å². The lowest BCUT2D eigenvalue weighted by Gasteiger charge is -2.30. The maximum atomic E-state index is 5.06. The van der Waals surface area contributed by atoms with Gasteiger partial charge in [-0.3, -0.25) is 4.98 Å². The van der Waals surface area contributed by atoms with Crippen molar-refractivity contribution in [1.29, 1.82) is 0 Å². The number of aromatic nitrogens is 7. The lowest BCUT2D eigenvalue weighted by atomic mass is 9.70. The average Bonchev–Trinajstić information content (AvgIpc) is 1.51. The molecule has 424 valence electrons.